The Morgan fingerprint density at radius 3 is 1.52 bits per heavy atom. The molecule has 0 spiro atoms. The van der Waals surface area contributed by atoms with E-state index >= 15 is 0 Å². The third-order valence-electron chi connectivity index (χ3n) is 10.9. The number of esters is 1. The molecule has 0 aliphatic rings. The van der Waals surface area contributed by atoms with Crippen LogP contribution in [0.2, 0.25) is 0 Å². The van der Waals surface area contributed by atoms with Crippen LogP contribution in [-0.4, -0.2) is 69.4 Å². The number of likely N-dealkylation sites (N-methyl/N-ethyl adjacent to an activating group) is 1. The molecule has 71 heavy (non-hydrogen) atoms. The number of carbonyl (C=O) groups is 2. The van der Waals surface area contributed by atoms with Crippen LogP contribution in [-0.2, 0) is 27.9 Å². The molecule has 400 valence electrons. The summed E-state index contributed by atoms with van der Waals surface area (Å²) in [6.45, 7) is 6.44. The van der Waals surface area contributed by atoms with E-state index in [9.17, 15) is 19.0 Å². The van der Waals surface area contributed by atoms with Gasteiger partial charge in [-0.1, -0.05) is 225 Å². The molecule has 0 saturated carbocycles. The SMILES string of the molecule is CC\C=C/C=C/C=C/C=C\C=C\C=C\CCCCCC(=O)OC(/C=C/CCCCCCCCCCCC)C(COP(=O)([O-])OCC[N+](C)(C)C)NC(=O)CC/C=C/C/C=C/C/C=C/C/C=C/C/C=C/CC. The van der Waals surface area contributed by atoms with Crippen molar-refractivity contribution in [2.24, 2.45) is 0 Å². The van der Waals surface area contributed by atoms with Crippen molar-refractivity contribution in [3.63, 3.8) is 0 Å². The van der Waals surface area contributed by atoms with Crippen molar-refractivity contribution in [3.05, 3.63) is 146 Å². The molecule has 3 atom stereocenters. The number of hydrogen-bond acceptors (Lipinski definition) is 7. The molecule has 0 aromatic rings. The molecule has 0 saturated heterocycles. The summed E-state index contributed by atoms with van der Waals surface area (Å²) >= 11 is 0. The van der Waals surface area contributed by atoms with Crippen molar-refractivity contribution in [2.45, 2.75) is 187 Å². The molecule has 10 heteroatoms. The Morgan fingerprint density at radius 2 is 0.986 bits per heavy atom. The van der Waals surface area contributed by atoms with Gasteiger partial charge in [0, 0.05) is 12.8 Å². The normalized spacial score (nSPS) is 15.0. The first-order chi connectivity index (χ1) is 34.4. The van der Waals surface area contributed by atoms with E-state index in [1.54, 1.807) is 6.08 Å². The minimum Gasteiger partial charge on any atom is -0.756 e. The molecule has 0 rings (SSSR count). The third kappa shape index (κ3) is 50.6. The van der Waals surface area contributed by atoms with Crippen molar-refractivity contribution < 1.29 is 37.3 Å². The summed E-state index contributed by atoms with van der Waals surface area (Å²) in [6, 6.07) is -0.957. The Hall–Kier alpha value is -4.11. The minimum atomic E-state index is -4.73. The number of hydrogen-bond donors (Lipinski definition) is 1. The molecule has 1 amide bonds. The van der Waals surface area contributed by atoms with E-state index in [4.69, 9.17) is 13.8 Å². The van der Waals surface area contributed by atoms with Crippen LogP contribution in [0.1, 0.15) is 175 Å². The lowest BCUT2D eigenvalue weighted by molar-refractivity contribution is -0.870. The number of allylic oxidation sites excluding steroid dienone is 23. The average molecular weight is 1000 g/mol. The highest BCUT2D eigenvalue weighted by Crippen LogP contribution is 2.38. The summed E-state index contributed by atoms with van der Waals surface area (Å²) in [6.07, 6.45) is 71.2. The summed E-state index contributed by atoms with van der Waals surface area (Å²) in [5.41, 5.74) is 0. The predicted molar refractivity (Wildman–Crippen MR) is 302 cm³/mol. The number of phosphoric acid groups is 1. The minimum absolute atomic E-state index is 0.0522. The number of nitrogens with one attached hydrogen (secondary N) is 1. The van der Waals surface area contributed by atoms with Crippen LogP contribution < -0.4 is 10.2 Å². The van der Waals surface area contributed by atoms with Gasteiger partial charge < -0.3 is 28.5 Å². The lowest BCUT2D eigenvalue weighted by atomic mass is 10.1. The summed E-state index contributed by atoms with van der Waals surface area (Å²) < 4.78 is 30.1. The smallest absolute Gasteiger partial charge is 0.306 e. The van der Waals surface area contributed by atoms with Gasteiger partial charge in [0.05, 0.1) is 33.8 Å². The summed E-state index contributed by atoms with van der Waals surface area (Å²) in [4.78, 5) is 39.7. The highest BCUT2D eigenvalue weighted by Gasteiger charge is 2.27. The Bertz CT molecular complexity index is 1720. The van der Waals surface area contributed by atoms with Crippen LogP contribution in [0.15, 0.2) is 146 Å². The van der Waals surface area contributed by atoms with E-state index in [1.165, 1.54) is 51.4 Å². The van der Waals surface area contributed by atoms with Crippen LogP contribution in [0.4, 0.5) is 0 Å². The predicted octanol–water partition coefficient (Wildman–Crippen LogP) is 15.7. The van der Waals surface area contributed by atoms with E-state index in [0.29, 0.717) is 23.9 Å². The van der Waals surface area contributed by atoms with Crippen LogP contribution in [0.25, 0.3) is 0 Å². The van der Waals surface area contributed by atoms with Gasteiger partial charge in [-0.15, -0.1) is 0 Å². The fourth-order valence-corrected chi connectivity index (χ4v) is 7.50. The van der Waals surface area contributed by atoms with Gasteiger partial charge in [0.1, 0.15) is 19.3 Å². The number of unbranched alkanes of at least 4 members (excludes halogenated alkanes) is 13. The van der Waals surface area contributed by atoms with E-state index < -0.39 is 32.5 Å². The maximum Gasteiger partial charge on any atom is 0.306 e. The second-order valence-electron chi connectivity index (χ2n) is 18.8. The largest absolute Gasteiger partial charge is 0.756 e. The topological polar surface area (TPSA) is 114 Å². The summed E-state index contributed by atoms with van der Waals surface area (Å²) in [5, 5.41) is 2.95. The van der Waals surface area contributed by atoms with E-state index in [1.807, 2.05) is 100 Å². The molecule has 0 aliphatic carbocycles. The van der Waals surface area contributed by atoms with Gasteiger partial charge >= 0.3 is 5.97 Å². The Kier molecular flexibility index (Phi) is 46.6. The molecule has 0 radical (unpaired) electrons. The first kappa shape index (κ1) is 66.9. The van der Waals surface area contributed by atoms with Gasteiger partial charge in [-0.3, -0.25) is 14.2 Å². The maximum absolute atomic E-state index is 13.4. The first-order valence-corrected chi connectivity index (χ1v) is 28.7. The fraction of sp³-hybridized carbons (Fsp3) is 0.574. The number of rotatable bonds is 46. The maximum atomic E-state index is 13.4. The zero-order valence-corrected chi connectivity index (χ0v) is 46.2. The Labute approximate surface area is 434 Å². The van der Waals surface area contributed by atoms with E-state index in [-0.39, 0.29) is 25.4 Å². The van der Waals surface area contributed by atoms with Gasteiger partial charge in [0.25, 0.3) is 7.82 Å². The van der Waals surface area contributed by atoms with Crippen molar-refractivity contribution in [1.29, 1.82) is 0 Å². The van der Waals surface area contributed by atoms with Crippen LogP contribution in [0.5, 0.6) is 0 Å². The zero-order chi connectivity index (χ0) is 52.2. The number of phosphoric ester groups is 1. The number of carbonyl (C=O) groups excluding carboxylic acids is 2. The molecular weight excluding hydrogens is 904 g/mol. The number of ether oxygens (including phenoxy) is 1. The number of nitrogens with zero attached hydrogens (tertiary/aromatic N) is 1. The van der Waals surface area contributed by atoms with Crippen LogP contribution >= 0.6 is 7.82 Å². The second-order valence-corrected chi connectivity index (χ2v) is 20.2. The number of amides is 1. The van der Waals surface area contributed by atoms with Gasteiger partial charge in [-0.05, 0) is 83.1 Å². The second kappa shape index (κ2) is 49.5. The van der Waals surface area contributed by atoms with E-state index in [2.05, 4.69) is 86.8 Å². The molecule has 0 bridgehead atoms. The molecule has 0 aromatic carbocycles. The lowest BCUT2D eigenvalue weighted by Gasteiger charge is -2.30. The molecular formula is C61H99N2O7P. The molecule has 0 aliphatic heterocycles. The van der Waals surface area contributed by atoms with Gasteiger partial charge in [-0.25, -0.2) is 0 Å². The molecule has 0 aromatic heterocycles. The van der Waals surface area contributed by atoms with Crippen molar-refractivity contribution in [3.8, 4) is 0 Å². The van der Waals surface area contributed by atoms with Crippen molar-refractivity contribution >= 4 is 19.7 Å². The zero-order valence-electron chi connectivity index (χ0n) is 45.4. The quantitative estimate of drug-likeness (QED) is 0.0161. The standard InChI is InChI=1S/C61H99N2O7P/c1-7-10-13-16-19-22-25-28-30-32-34-36-39-42-45-48-51-54-61(65)70-59(52-49-46-43-40-37-27-24-21-18-15-12-9-3)58(57-69-71(66,67)68-56-55-63(4,5)6)62-60(64)53-50-47-44-41-38-35-33-31-29-26-23-20-17-14-11-8-2/h10-11,13-14,16,19-20,22-23,25,28-32,34-36,38-39,44,47,49,52,58-59H,7-9,12,15,17-18,21,24,26-27,33,37,40-43,45-46,48,50-51,53-57H2,1-6H3,(H-,62,64,66,67)/b13-10-,14-11+,19-16+,23-20+,25-22+,30-28-,31-29+,34-32+,38-35+,39-36+,47-44+,52-49+. The third-order valence-corrected chi connectivity index (χ3v) is 11.9. The molecule has 1 N–H and O–H groups in total. The van der Waals surface area contributed by atoms with Crippen molar-refractivity contribution in [2.75, 3.05) is 40.9 Å². The van der Waals surface area contributed by atoms with E-state index in [0.717, 1.165) is 77.0 Å². The summed E-state index contributed by atoms with van der Waals surface area (Å²) in [7, 11) is 1.08. The van der Waals surface area contributed by atoms with Crippen LogP contribution in [0, 0.1) is 0 Å². The highest BCUT2D eigenvalue weighted by atomic mass is 31.2. The van der Waals surface area contributed by atoms with Crippen LogP contribution in [0.3, 0.4) is 0 Å². The molecule has 9 nitrogen and oxygen atoms in total. The van der Waals surface area contributed by atoms with Gasteiger partial charge in [0.2, 0.25) is 5.91 Å². The fourth-order valence-electron chi connectivity index (χ4n) is 6.77. The average Bonchev–Trinajstić information content (AvgIpc) is 3.33. The Morgan fingerprint density at radius 1 is 0.521 bits per heavy atom. The van der Waals surface area contributed by atoms with Gasteiger partial charge in [0.15, 0.2) is 0 Å². The molecule has 0 heterocycles. The number of quaternary nitrogens is 1. The van der Waals surface area contributed by atoms with Crippen molar-refractivity contribution in [1.82, 2.24) is 5.32 Å². The highest BCUT2D eigenvalue weighted by molar-refractivity contribution is 7.45. The van der Waals surface area contributed by atoms with Gasteiger partial charge in [-0.2, -0.15) is 0 Å². The monoisotopic (exact) mass is 1000 g/mol. The summed E-state index contributed by atoms with van der Waals surface area (Å²) in [5.74, 6) is -0.706. The Balaban J connectivity index is 5.62. The molecule has 0 fully saturated rings. The first-order valence-electron chi connectivity index (χ1n) is 27.2. The lowest BCUT2D eigenvalue weighted by Crippen LogP contribution is -2.47. The molecule has 3 unspecified atom stereocenters.